The third-order valence-corrected chi connectivity index (χ3v) is 4.84. The van der Waals surface area contributed by atoms with Crippen molar-refractivity contribution < 1.29 is 4.79 Å². The summed E-state index contributed by atoms with van der Waals surface area (Å²) < 4.78 is 0. The predicted octanol–water partition coefficient (Wildman–Crippen LogP) is 3.92. The Morgan fingerprint density at radius 3 is 2.70 bits per heavy atom. The number of nitrogens with two attached hydrogens (primary N) is 1. The van der Waals surface area contributed by atoms with Crippen LogP contribution in [0, 0.1) is 0 Å². The molecule has 0 saturated carbocycles. The largest absolute Gasteiger partial charge is 0.376 e. The molecule has 5 nitrogen and oxygen atoms in total. The number of carbonyl (C=O) groups excluding carboxylic acids is 1. The number of hydrogen-bond acceptors (Lipinski definition) is 4. The number of benzene rings is 2. The highest BCUT2D eigenvalue weighted by Crippen LogP contribution is 2.32. The number of rotatable bonds is 7. The molecule has 0 fully saturated rings. The predicted molar refractivity (Wildman–Crippen MR) is 111 cm³/mol. The first-order valence-electron chi connectivity index (χ1n) is 8.92. The fourth-order valence-corrected chi connectivity index (χ4v) is 3.45. The lowest BCUT2D eigenvalue weighted by Gasteiger charge is -2.23. The number of hydrogen-bond donors (Lipinski definition) is 3. The summed E-state index contributed by atoms with van der Waals surface area (Å²) in [5.74, 6) is -0.482. The van der Waals surface area contributed by atoms with Crippen LogP contribution in [0.4, 0.5) is 5.69 Å². The third-order valence-electron chi connectivity index (χ3n) is 4.60. The van der Waals surface area contributed by atoms with Gasteiger partial charge in [0.15, 0.2) is 0 Å². The minimum Gasteiger partial charge on any atom is -0.376 e. The van der Waals surface area contributed by atoms with Crippen LogP contribution in [-0.2, 0) is 6.42 Å². The molecule has 3 aromatic rings. The Hall–Kier alpha value is -2.63. The van der Waals surface area contributed by atoms with Gasteiger partial charge in [0.2, 0.25) is 0 Å². The number of fused-ring (bicyclic) bond motifs is 1. The van der Waals surface area contributed by atoms with Crippen molar-refractivity contribution >= 4 is 34.1 Å². The van der Waals surface area contributed by atoms with Gasteiger partial charge in [-0.2, -0.15) is 0 Å². The van der Waals surface area contributed by atoms with E-state index in [1.807, 2.05) is 49.6 Å². The second-order valence-electron chi connectivity index (χ2n) is 6.39. The number of pyridine rings is 1. The molecule has 0 aliphatic carbocycles. The summed E-state index contributed by atoms with van der Waals surface area (Å²) in [6.07, 6.45) is 2.62. The first-order chi connectivity index (χ1) is 13.0. The van der Waals surface area contributed by atoms with Gasteiger partial charge in [0.1, 0.15) is 0 Å². The number of nitrogens with one attached hydrogen (secondary N) is 2. The molecule has 0 bridgehead atoms. The molecule has 1 heterocycles. The molecule has 3 rings (SSSR count). The number of anilines is 1. The van der Waals surface area contributed by atoms with Crippen molar-refractivity contribution in [1.82, 2.24) is 10.3 Å². The first-order valence-corrected chi connectivity index (χ1v) is 9.30. The Morgan fingerprint density at radius 2 is 2.04 bits per heavy atom. The van der Waals surface area contributed by atoms with E-state index in [0.29, 0.717) is 22.6 Å². The van der Waals surface area contributed by atoms with E-state index >= 15 is 0 Å². The van der Waals surface area contributed by atoms with Gasteiger partial charge in [-0.05, 0) is 42.8 Å². The van der Waals surface area contributed by atoms with Crippen molar-refractivity contribution in [2.75, 3.05) is 18.9 Å². The van der Waals surface area contributed by atoms with E-state index in [1.54, 1.807) is 6.07 Å². The van der Waals surface area contributed by atoms with Gasteiger partial charge >= 0.3 is 0 Å². The zero-order valence-electron chi connectivity index (χ0n) is 15.4. The highest BCUT2D eigenvalue weighted by Gasteiger charge is 2.17. The first kappa shape index (κ1) is 19.1. The van der Waals surface area contributed by atoms with Crippen molar-refractivity contribution in [3.63, 3.8) is 0 Å². The number of para-hydroxylation sites is 1. The molecule has 6 heteroatoms. The lowest BCUT2D eigenvalue weighted by molar-refractivity contribution is 0.100. The van der Waals surface area contributed by atoms with Crippen LogP contribution in [0.3, 0.4) is 0 Å². The molecule has 0 saturated heterocycles. The van der Waals surface area contributed by atoms with Gasteiger partial charge in [0.05, 0.1) is 17.1 Å². The zero-order chi connectivity index (χ0) is 19.4. The Balaban J connectivity index is 2.13. The molecule has 1 amide bonds. The average Bonchev–Trinajstić information content (AvgIpc) is 2.67. The molecular weight excluding hydrogens is 360 g/mol. The van der Waals surface area contributed by atoms with Crippen LogP contribution in [0.25, 0.3) is 10.9 Å². The van der Waals surface area contributed by atoms with E-state index in [1.165, 1.54) is 0 Å². The summed E-state index contributed by atoms with van der Waals surface area (Å²) in [5, 5.41) is 8.44. The summed E-state index contributed by atoms with van der Waals surface area (Å²) in [4.78, 5) is 16.3. The molecule has 0 spiro atoms. The van der Waals surface area contributed by atoms with Gasteiger partial charge in [0, 0.05) is 28.8 Å². The fraction of sp³-hybridized carbons (Fsp3) is 0.238. The topological polar surface area (TPSA) is 80.0 Å². The van der Waals surface area contributed by atoms with E-state index in [-0.39, 0.29) is 6.04 Å². The van der Waals surface area contributed by atoms with Crippen LogP contribution in [-0.4, -0.2) is 24.5 Å². The Kier molecular flexibility index (Phi) is 5.94. The van der Waals surface area contributed by atoms with Crippen LogP contribution >= 0.6 is 11.6 Å². The molecule has 1 atom stereocenters. The van der Waals surface area contributed by atoms with E-state index in [0.717, 1.165) is 28.6 Å². The van der Waals surface area contributed by atoms with Gasteiger partial charge in [-0.3, -0.25) is 9.78 Å². The van der Waals surface area contributed by atoms with Crippen molar-refractivity contribution in [2.45, 2.75) is 19.4 Å². The SMILES string of the molecule is CCc1cnc2c(C(N)=O)cccc2c1NC(CNC)c1cccc(Cl)c1. The maximum atomic E-state index is 11.8. The highest BCUT2D eigenvalue weighted by atomic mass is 35.5. The van der Waals surface area contributed by atoms with Gasteiger partial charge in [0.25, 0.3) is 5.91 Å². The van der Waals surface area contributed by atoms with Crippen molar-refractivity contribution in [3.05, 3.63) is 70.4 Å². The van der Waals surface area contributed by atoms with E-state index in [9.17, 15) is 4.79 Å². The maximum absolute atomic E-state index is 11.8. The number of amides is 1. The highest BCUT2D eigenvalue weighted by molar-refractivity contribution is 6.30. The second-order valence-corrected chi connectivity index (χ2v) is 6.82. The normalized spacial score (nSPS) is 12.1. The minimum absolute atomic E-state index is 0.00170. The van der Waals surface area contributed by atoms with Crippen molar-refractivity contribution in [1.29, 1.82) is 0 Å². The van der Waals surface area contributed by atoms with Crippen LogP contribution in [0.5, 0.6) is 0 Å². The summed E-state index contributed by atoms with van der Waals surface area (Å²) >= 11 is 6.19. The van der Waals surface area contributed by atoms with Crippen molar-refractivity contribution in [3.8, 4) is 0 Å². The summed E-state index contributed by atoms with van der Waals surface area (Å²) in [6, 6.07) is 13.3. The van der Waals surface area contributed by atoms with Crippen LogP contribution in [0.1, 0.15) is 34.5 Å². The maximum Gasteiger partial charge on any atom is 0.250 e. The van der Waals surface area contributed by atoms with Crippen LogP contribution in [0.15, 0.2) is 48.7 Å². The molecule has 2 aromatic carbocycles. The Labute approximate surface area is 163 Å². The summed E-state index contributed by atoms with van der Waals surface area (Å²) in [6.45, 7) is 2.79. The van der Waals surface area contributed by atoms with E-state index in [2.05, 4.69) is 22.5 Å². The van der Waals surface area contributed by atoms with E-state index < -0.39 is 5.91 Å². The quantitative estimate of drug-likeness (QED) is 0.578. The second kappa shape index (κ2) is 8.37. The number of halogens is 1. The molecule has 0 aliphatic rings. The lowest BCUT2D eigenvalue weighted by atomic mass is 10.0. The molecular formula is C21H23ClN4O. The lowest BCUT2D eigenvalue weighted by Crippen LogP contribution is -2.24. The van der Waals surface area contributed by atoms with Crippen molar-refractivity contribution in [2.24, 2.45) is 5.73 Å². The number of likely N-dealkylation sites (N-methyl/N-ethyl adjacent to an activating group) is 1. The van der Waals surface area contributed by atoms with Gasteiger partial charge < -0.3 is 16.4 Å². The standard InChI is InChI=1S/C21H23ClN4O/c1-3-13-11-25-20-16(8-5-9-17(20)21(23)27)19(13)26-18(12-24-2)14-6-4-7-15(22)10-14/h4-11,18,24H,3,12H2,1-2H3,(H2,23,27)(H,25,26). The summed E-state index contributed by atoms with van der Waals surface area (Å²) in [5.41, 5.74) is 9.68. The molecule has 0 aliphatic heterocycles. The number of aromatic nitrogens is 1. The Bertz CT molecular complexity index is 974. The minimum atomic E-state index is -0.482. The average molecular weight is 383 g/mol. The third kappa shape index (κ3) is 4.04. The zero-order valence-corrected chi connectivity index (χ0v) is 16.2. The molecule has 4 N–H and O–H groups in total. The smallest absolute Gasteiger partial charge is 0.250 e. The number of nitrogens with zero attached hydrogens (tertiary/aromatic N) is 1. The monoisotopic (exact) mass is 382 g/mol. The molecule has 1 aromatic heterocycles. The summed E-state index contributed by atoms with van der Waals surface area (Å²) in [7, 11) is 1.91. The van der Waals surface area contributed by atoms with Gasteiger partial charge in [-0.25, -0.2) is 0 Å². The molecule has 27 heavy (non-hydrogen) atoms. The fourth-order valence-electron chi connectivity index (χ4n) is 3.26. The Morgan fingerprint density at radius 1 is 1.26 bits per heavy atom. The molecule has 0 radical (unpaired) electrons. The number of aryl methyl sites for hydroxylation is 1. The number of carbonyl (C=O) groups is 1. The van der Waals surface area contributed by atoms with Crippen LogP contribution in [0.2, 0.25) is 5.02 Å². The van der Waals surface area contributed by atoms with Crippen LogP contribution < -0.4 is 16.4 Å². The number of primary amides is 1. The van der Waals surface area contributed by atoms with Gasteiger partial charge in [-0.1, -0.05) is 42.8 Å². The van der Waals surface area contributed by atoms with Gasteiger partial charge in [-0.15, -0.1) is 0 Å². The molecule has 140 valence electrons. The van der Waals surface area contributed by atoms with E-state index in [4.69, 9.17) is 17.3 Å². The molecule has 1 unspecified atom stereocenters.